The Hall–Kier alpha value is -1.59. The lowest BCUT2D eigenvalue weighted by molar-refractivity contribution is -0.117. The van der Waals surface area contributed by atoms with Crippen LogP contribution in [0.15, 0.2) is 22.6 Å². The van der Waals surface area contributed by atoms with Crippen LogP contribution >= 0.6 is 12.4 Å². The second kappa shape index (κ2) is 6.24. The first-order valence-corrected chi connectivity index (χ1v) is 6.70. The molecule has 20 heavy (non-hydrogen) atoms. The van der Waals surface area contributed by atoms with Crippen molar-refractivity contribution in [3.63, 3.8) is 0 Å². The minimum absolute atomic E-state index is 0. The van der Waals surface area contributed by atoms with E-state index in [2.05, 4.69) is 15.6 Å². The van der Waals surface area contributed by atoms with Gasteiger partial charge in [0.15, 0.2) is 11.5 Å². The molecule has 0 radical (unpaired) electrons. The monoisotopic (exact) mass is 295 g/mol. The summed E-state index contributed by atoms with van der Waals surface area (Å²) in [6.45, 7) is 2.92. The fourth-order valence-electron chi connectivity index (χ4n) is 2.34. The summed E-state index contributed by atoms with van der Waals surface area (Å²) < 4.78 is 5.54. The first-order chi connectivity index (χ1) is 9.26. The molecule has 1 aliphatic heterocycles. The number of halogens is 1. The predicted octanol–water partition coefficient (Wildman–Crippen LogP) is 2.50. The van der Waals surface area contributed by atoms with Crippen LogP contribution in [0.4, 0.5) is 5.69 Å². The SMILES string of the molecule is CCc1nc2cc(NC(=O)[C@@H]3CCCN3)ccc2o1.Cl. The van der Waals surface area contributed by atoms with Gasteiger partial charge in [0.1, 0.15) is 5.52 Å². The van der Waals surface area contributed by atoms with Crippen LogP contribution in [0.25, 0.3) is 11.1 Å². The molecule has 5 nitrogen and oxygen atoms in total. The van der Waals surface area contributed by atoms with Gasteiger partial charge in [0, 0.05) is 12.1 Å². The summed E-state index contributed by atoms with van der Waals surface area (Å²) in [5.41, 5.74) is 2.31. The Morgan fingerprint density at radius 1 is 1.55 bits per heavy atom. The van der Waals surface area contributed by atoms with Crippen LogP contribution in [0.1, 0.15) is 25.7 Å². The molecule has 108 valence electrons. The van der Waals surface area contributed by atoms with Crippen molar-refractivity contribution in [2.45, 2.75) is 32.2 Å². The zero-order chi connectivity index (χ0) is 13.2. The molecule has 3 rings (SSSR count). The second-order valence-corrected chi connectivity index (χ2v) is 4.78. The predicted molar refractivity (Wildman–Crippen MR) is 80.3 cm³/mol. The maximum Gasteiger partial charge on any atom is 0.241 e. The van der Waals surface area contributed by atoms with E-state index in [1.807, 2.05) is 25.1 Å². The number of rotatable bonds is 3. The quantitative estimate of drug-likeness (QED) is 0.913. The van der Waals surface area contributed by atoms with E-state index in [9.17, 15) is 4.79 Å². The second-order valence-electron chi connectivity index (χ2n) is 4.78. The van der Waals surface area contributed by atoms with Gasteiger partial charge in [-0.2, -0.15) is 0 Å². The first kappa shape index (κ1) is 14.8. The number of benzene rings is 1. The normalized spacial score (nSPS) is 17.9. The third-order valence-corrected chi connectivity index (χ3v) is 3.38. The lowest BCUT2D eigenvalue weighted by Crippen LogP contribution is -2.35. The molecular formula is C14H18ClN3O2. The smallest absolute Gasteiger partial charge is 0.241 e. The molecular weight excluding hydrogens is 278 g/mol. The molecule has 2 aromatic rings. The highest BCUT2D eigenvalue weighted by atomic mass is 35.5. The van der Waals surface area contributed by atoms with Gasteiger partial charge in [-0.15, -0.1) is 12.4 Å². The zero-order valence-electron chi connectivity index (χ0n) is 11.3. The van der Waals surface area contributed by atoms with E-state index in [4.69, 9.17) is 4.42 Å². The van der Waals surface area contributed by atoms with Gasteiger partial charge >= 0.3 is 0 Å². The van der Waals surface area contributed by atoms with Crippen LogP contribution in [-0.4, -0.2) is 23.5 Å². The summed E-state index contributed by atoms with van der Waals surface area (Å²) in [4.78, 5) is 16.4. The average molecular weight is 296 g/mol. The number of carbonyl (C=O) groups excluding carboxylic acids is 1. The van der Waals surface area contributed by atoms with Crippen molar-refractivity contribution in [3.8, 4) is 0 Å². The Balaban J connectivity index is 0.00000147. The number of fused-ring (bicyclic) bond motifs is 1. The van der Waals surface area contributed by atoms with E-state index in [-0.39, 0.29) is 24.4 Å². The van der Waals surface area contributed by atoms with Crippen LogP contribution in [-0.2, 0) is 11.2 Å². The van der Waals surface area contributed by atoms with Crippen molar-refractivity contribution in [1.82, 2.24) is 10.3 Å². The van der Waals surface area contributed by atoms with Crippen molar-refractivity contribution < 1.29 is 9.21 Å². The number of aryl methyl sites for hydroxylation is 1. The molecule has 1 aliphatic rings. The third-order valence-electron chi connectivity index (χ3n) is 3.38. The molecule has 6 heteroatoms. The average Bonchev–Trinajstić information content (AvgIpc) is 3.07. The molecule has 2 heterocycles. The van der Waals surface area contributed by atoms with Crippen molar-refractivity contribution in [2.75, 3.05) is 11.9 Å². The van der Waals surface area contributed by atoms with Gasteiger partial charge in [-0.3, -0.25) is 4.79 Å². The molecule has 0 unspecified atom stereocenters. The number of anilines is 1. The highest BCUT2D eigenvalue weighted by Crippen LogP contribution is 2.20. The summed E-state index contributed by atoms with van der Waals surface area (Å²) in [7, 11) is 0. The fraction of sp³-hybridized carbons (Fsp3) is 0.429. The number of nitrogens with one attached hydrogen (secondary N) is 2. The number of nitrogens with zero attached hydrogens (tertiary/aromatic N) is 1. The van der Waals surface area contributed by atoms with Gasteiger partial charge in [-0.05, 0) is 37.6 Å². The molecule has 1 amide bonds. The van der Waals surface area contributed by atoms with Gasteiger partial charge < -0.3 is 15.1 Å². The summed E-state index contributed by atoms with van der Waals surface area (Å²) in [6, 6.07) is 5.48. The van der Waals surface area contributed by atoms with Crippen molar-refractivity contribution >= 4 is 35.1 Å². The van der Waals surface area contributed by atoms with Crippen molar-refractivity contribution in [1.29, 1.82) is 0 Å². The Kier molecular flexibility index (Phi) is 4.62. The molecule has 1 atom stereocenters. The molecule has 1 fully saturated rings. The molecule has 0 aliphatic carbocycles. The van der Waals surface area contributed by atoms with E-state index in [0.717, 1.165) is 48.5 Å². The number of hydrogen-bond donors (Lipinski definition) is 2. The molecule has 0 spiro atoms. The zero-order valence-corrected chi connectivity index (χ0v) is 12.1. The summed E-state index contributed by atoms with van der Waals surface area (Å²) >= 11 is 0. The van der Waals surface area contributed by atoms with Crippen molar-refractivity contribution in [3.05, 3.63) is 24.1 Å². The first-order valence-electron chi connectivity index (χ1n) is 6.70. The highest BCUT2D eigenvalue weighted by Gasteiger charge is 2.22. The Labute approximate surface area is 123 Å². The number of amides is 1. The number of hydrogen-bond acceptors (Lipinski definition) is 4. The van der Waals surface area contributed by atoms with E-state index >= 15 is 0 Å². The van der Waals surface area contributed by atoms with E-state index in [1.54, 1.807) is 0 Å². The third kappa shape index (κ3) is 2.94. The largest absolute Gasteiger partial charge is 0.441 e. The standard InChI is InChI=1S/C14H17N3O2.ClH/c1-2-13-17-11-8-9(5-6-12(11)19-13)16-14(18)10-4-3-7-15-10;/h5-6,8,10,15H,2-4,7H2,1H3,(H,16,18);1H/t10-;/m0./s1. The minimum Gasteiger partial charge on any atom is -0.441 e. The lowest BCUT2D eigenvalue weighted by atomic mass is 10.2. The number of oxazole rings is 1. The summed E-state index contributed by atoms with van der Waals surface area (Å²) in [5, 5.41) is 6.10. The summed E-state index contributed by atoms with van der Waals surface area (Å²) in [6.07, 6.45) is 2.72. The Morgan fingerprint density at radius 3 is 3.10 bits per heavy atom. The molecule has 2 N–H and O–H groups in total. The maximum atomic E-state index is 12.0. The van der Waals surface area contributed by atoms with E-state index in [1.165, 1.54) is 0 Å². The number of carbonyl (C=O) groups is 1. The van der Waals surface area contributed by atoms with Crippen LogP contribution < -0.4 is 10.6 Å². The summed E-state index contributed by atoms with van der Waals surface area (Å²) in [5.74, 6) is 0.743. The highest BCUT2D eigenvalue weighted by molar-refractivity contribution is 5.96. The van der Waals surface area contributed by atoms with E-state index in [0.29, 0.717) is 0 Å². The van der Waals surface area contributed by atoms with Crippen LogP contribution in [0.5, 0.6) is 0 Å². The van der Waals surface area contributed by atoms with Crippen LogP contribution in [0.2, 0.25) is 0 Å². The fourth-order valence-corrected chi connectivity index (χ4v) is 2.34. The molecule has 1 aromatic carbocycles. The van der Waals surface area contributed by atoms with Crippen LogP contribution in [0.3, 0.4) is 0 Å². The number of aromatic nitrogens is 1. The molecule has 0 saturated carbocycles. The van der Waals surface area contributed by atoms with Gasteiger partial charge in [0.2, 0.25) is 5.91 Å². The van der Waals surface area contributed by atoms with Gasteiger partial charge in [-0.1, -0.05) is 6.92 Å². The molecule has 1 saturated heterocycles. The Morgan fingerprint density at radius 2 is 2.40 bits per heavy atom. The molecule has 0 bridgehead atoms. The van der Waals surface area contributed by atoms with E-state index < -0.39 is 0 Å². The lowest BCUT2D eigenvalue weighted by Gasteiger charge is -2.10. The van der Waals surface area contributed by atoms with Crippen LogP contribution in [0, 0.1) is 0 Å². The van der Waals surface area contributed by atoms with Gasteiger partial charge in [-0.25, -0.2) is 4.98 Å². The maximum absolute atomic E-state index is 12.0. The minimum atomic E-state index is -0.0702. The van der Waals surface area contributed by atoms with Crippen molar-refractivity contribution in [2.24, 2.45) is 0 Å². The van der Waals surface area contributed by atoms with Gasteiger partial charge in [0.05, 0.1) is 6.04 Å². The van der Waals surface area contributed by atoms with Gasteiger partial charge in [0.25, 0.3) is 0 Å². The Bertz CT molecular complexity index is 605. The molecule has 1 aromatic heterocycles. The topological polar surface area (TPSA) is 67.2 Å².